The number of carboxylic acid groups (broad SMARTS) is 1. The normalized spacial score (nSPS) is 10.1. The van der Waals surface area contributed by atoms with Gasteiger partial charge in [-0.2, -0.15) is 0 Å². The van der Waals surface area contributed by atoms with Gasteiger partial charge in [-0.1, -0.05) is 17.7 Å². The van der Waals surface area contributed by atoms with E-state index in [-0.39, 0.29) is 6.42 Å². The van der Waals surface area contributed by atoms with Crippen LogP contribution in [0.15, 0.2) is 16.6 Å². The Bertz CT molecular complexity index is 350. The lowest BCUT2D eigenvalue weighted by molar-refractivity contribution is -0.136. The summed E-state index contributed by atoms with van der Waals surface area (Å²) in [5.74, 6) is -0.859. The molecule has 0 aliphatic rings. The number of carboxylic acids is 1. The number of hydrogen-bond acceptors (Lipinski definition) is 1. The Labute approximate surface area is 89.7 Å². The molecule has 0 aromatic heterocycles. The lowest BCUT2D eigenvalue weighted by Gasteiger charge is -2.05. The largest absolute Gasteiger partial charge is 0.481 e. The lowest BCUT2D eigenvalue weighted by Crippen LogP contribution is -2.01. The summed E-state index contributed by atoms with van der Waals surface area (Å²) in [6.45, 7) is 1.88. The van der Waals surface area contributed by atoms with Gasteiger partial charge >= 0.3 is 5.97 Å². The molecule has 13 heavy (non-hydrogen) atoms. The van der Waals surface area contributed by atoms with E-state index in [1.165, 1.54) is 0 Å². The van der Waals surface area contributed by atoms with Crippen molar-refractivity contribution in [2.75, 3.05) is 0 Å². The Kier molecular flexibility index (Phi) is 3.33. The average Bonchev–Trinajstić information content (AvgIpc) is 1.98. The molecule has 0 unspecified atom stereocenters. The van der Waals surface area contributed by atoms with Crippen LogP contribution in [0, 0.1) is 6.92 Å². The number of carbonyl (C=O) groups is 1. The summed E-state index contributed by atoms with van der Waals surface area (Å²) < 4.78 is 0.669. The molecular formula is C9H8BrClO2. The summed E-state index contributed by atoms with van der Waals surface area (Å²) in [6, 6.07) is 3.60. The molecule has 0 saturated heterocycles. The zero-order valence-corrected chi connectivity index (χ0v) is 9.32. The first kappa shape index (κ1) is 10.5. The SMILES string of the molecule is Cc1cc(Cl)c(Br)c(CC(=O)O)c1. The molecule has 0 atom stereocenters. The van der Waals surface area contributed by atoms with Gasteiger partial charge in [0.2, 0.25) is 0 Å². The number of aryl methyl sites for hydroxylation is 1. The quantitative estimate of drug-likeness (QED) is 0.890. The van der Waals surface area contributed by atoms with E-state index in [2.05, 4.69) is 15.9 Å². The summed E-state index contributed by atoms with van der Waals surface area (Å²) in [4.78, 5) is 10.5. The van der Waals surface area contributed by atoms with E-state index in [1.54, 1.807) is 6.07 Å². The summed E-state index contributed by atoms with van der Waals surface area (Å²) in [5, 5.41) is 9.16. The van der Waals surface area contributed by atoms with Gasteiger partial charge < -0.3 is 5.11 Å². The van der Waals surface area contributed by atoms with Crippen molar-refractivity contribution in [2.24, 2.45) is 0 Å². The minimum atomic E-state index is -0.859. The Morgan fingerprint density at radius 2 is 2.23 bits per heavy atom. The summed E-state index contributed by atoms with van der Waals surface area (Å²) in [5.41, 5.74) is 1.67. The van der Waals surface area contributed by atoms with Crippen molar-refractivity contribution in [3.63, 3.8) is 0 Å². The van der Waals surface area contributed by atoms with Crippen molar-refractivity contribution in [1.82, 2.24) is 0 Å². The average molecular weight is 264 g/mol. The van der Waals surface area contributed by atoms with Gasteiger partial charge in [0, 0.05) is 4.47 Å². The summed E-state index contributed by atoms with van der Waals surface area (Å²) >= 11 is 9.11. The highest BCUT2D eigenvalue weighted by molar-refractivity contribution is 9.10. The van der Waals surface area contributed by atoms with Gasteiger partial charge in [-0.25, -0.2) is 0 Å². The number of aliphatic carboxylic acids is 1. The van der Waals surface area contributed by atoms with Crippen molar-refractivity contribution >= 4 is 33.5 Å². The third-order valence-electron chi connectivity index (χ3n) is 1.59. The second-order valence-corrected chi connectivity index (χ2v) is 3.99. The molecule has 0 fully saturated rings. The number of benzene rings is 1. The molecular weight excluding hydrogens is 255 g/mol. The minimum Gasteiger partial charge on any atom is -0.481 e. The van der Waals surface area contributed by atoms with E-state index in [0.717, 1.165) is 5.56 Å². The molecule has 1 rings (SSSR count). The molecule has 0 bridgehead atoms. The molecule has 1 aromatic rings. The third-order valence-corrected chi connectivity index (χ3v) is 3.05. The predicted molar refractivity (Wildman–Crippen MR) is 55.2 cm³/mol. The van der Waals surface area contributed by atoms with E-state index in [4.69, 9.17) is 16.7 Å². The highest BCUT2D eigenvalue weighted by atomic mass is 79.9. The molecule has 0 saturated carbocycles. The second-order valence-electron chi connectivity index (χ2n) is 2.79. The number of hydrogen-bond donors (Lipinski definition) is 1. The van der Waals surface area contributed by atoms with Crippen molar-refractivity contribution in [3.05, 3.63) is 32.8 Å². The maximum Gasteiger partial charge on any atom is 0.307 e. The van der Waals surface area contributed by atoms with Crippen LogP contribution in [0.2, 0.25) is 5.02 Å². The molecule has 1 aromatic carbocycles. The van der Waals surface area contributed by atoms with Gasteiger partial charge in [-0.3, -0.25) is 4.79 Å². The second kappa shape index (κ2) is 4.11. The van der Waals surface area contributed by atoms with Gasteiger partial charge in [-0.05, 0) is 40.0 Å². The van der Waals surface area contributed by atoms with Crippen molar-refractivity contribution in [2.45, 2.75) is 13.3 Å². The maximum absolute atomic E-state index is 10.5. The first-order valence-corrected chi connectivity index (χ1v) is 4.84. The van der Waals surface area contributed by atoms with E-state index < -0.39 is 5.97 Å². The number of halogens is 2. The highest BCUT2D eigenvalue weighted by Gasteiger charge is 2.08. The standard InChI is InChI=1S/C9H8BrClO2/c1-5-2-6(4-8(12)13)9(10)7(11)3-5/h2-3H,4H2,1H3,(H,12,13). The minimum absolute atomic E-state index is 0.0119. The monoisotopic (exact) mass is 262 g/mol. The molecule has 0 radical (unpaired) electrons. The van der Waals surface area contributed by atoms with Crippen LogP contribution in [-0.4, -0.2) is 11.1 Å². The van der Waals surface area contributed by atoms with E-state index in [9.17, 15) is 4.79 Å². The summed E-state index contributed by atoms with van der Waals surface area (Å²) in [6.07, 6.45) is -0.0119. The Morgan fingerprint density at radius 1 is 1.62 bits per heavy atom. The fraction of sp³-hybridized carbons (Fsp3) is 0.222. The summed E-state index contributed by atoms with van der Waals surface area (Å²) in [7, 11) is 0. The fourth-order valence-corrected chi connectivity index (χ4v) is 1.75. The number of rotatable bonds is 2. The first-order chi connectivity index (χ1) is 6.00. The maximum atomic E-state index is 10.5. The fourth-order valence-electron chi connectivity index (χ4n) is 1.09. The van der Waals surface area contributed by atoms with Gasteiger partial charge in [0.25, 0.3) is 0 Å². The molecule has 4 heteroatoms. The van der Waals surface area contributed by atoms with Crippen LogP contribution in [-0.2, 0) is 11.2 Å². The smallest absolute Gasteiger partial charge is 0.307 e. The third kappa shape index (κ3) is 2.71. The van der Waals surface area contributed by atoms with Crippen LogP contribution in [0.1, 0.15) is 11.1 Å². The van der Waals surface area contributed by atoms with Crippen LogP contribution in [0.25, 0.3) is 0 Å². The van der Waals surface area contributed by atoms with E-state index in [1.807, 2.05) is 13.0 Å². The van der Waals surface area contributed by atoms with Gasteiger partial charge in [0.05, 0.1) is 11.4 Å². The van der Waals surface area contributed by atoms with Gasteiger partial charge in [0.1, 0.15) is 0 Å². The molecule has 0 amide bonds. The van der Waals surface area contributed by atoms with Crippen LogP contribution in [0.4, 0.5) is 0 Å². The van der Waals surface area contributed by atoms with Crippen LogP contribution in [0.5, 0.6) is 0 Å². The van der Waals surface area contributed by atoms with Crippen LogP contribution in [0.3, 0.4) is 0 Å². The Balaban J connectivity index is 3.12. The molecule has 0 aliphatic carbocycles. The zero-order chi connectivity index (χ0) is 10.0. The predicted octanol–water partition coefficient (Wildman–Crippen LogP) is 3.04. The molecule has 70 valence electrons. The van der Waals surface area contributed by atoms with Crippen molar-refractivity contribution in [1.29, 1.82) is 0 Å². The topological polar surface area (TPSA) is 37.3 Å². The van der Waals surface area contributed by atoms with Crippen molar-refractivity contribution < 1.29 is 9.90 Å². The van der Waals surface area contributed by atoms with E-state index >= 15 is 0 Å². The molecule has 0 aliphatic heterocycles. The molecule has 0 spiro atoms. The molecule has 0 heterocycles. The highest BCUT2D eigenvalue weighted by Crippen LogP contribution is 2.28. The van der Waals surface area contributed by atoms with Crippen LogP contribution >= 0.6 is 27.5 Å². The Morgan fingerprint density at radius 3 is 2.77 bits per heavy atom. The lowest BCUT2D eigenvalue weighted by atomic mass is 10.1. The van der Waals surface area contributed by atoms with Crippen molar-refractivity contribution in [3.8, 4) is 0 Å². The van der Waals surface area contributed by atoms with Gasteiger partial charge in [-0.15, -0.1) is 0 Å². The molecule has 1 N–H and O–H groups in total. The van der Waals surface area contributed by atoms with Crippen LogP contribution < -0.4 is 0 Å². The first-order valence-electron chi connectivity index (χ1n) is 3.67. The Hall–Kier alpha value is -0.540. The zero-order valence-electron chi connectivity index (χ0n) is 6.97. The molecule has 2 nitrogen and oxygen atoms in total. The van der Waals surface area contributed by atoms with E-state index in [0.29, 0.717) is 15.1 Å². The van der Waals surface area contributed by atoms with Gasteiger partial charge in [0.15, 0.2) is 0 Å².